The number of rotatable bonds is 13. The molecule has 0 spiro atoms. The van der Waals surface area contributed by atoms with Crippen molar-refractivity contribution in [2.24, 2.45) is 0 Å². The van der Waals surface area contributed by atoms with Gasteiger partial charge in [-0.25, -0.2) is 0 Å². The summed E-state index contributed by atoms with van der Waals surface area (Å²) in [6.45, 7) is 8.38. The van der Waals surface area contributed by atoms with E-state index in [-0.39, 0.29) is 0 Å². The molecule has 0 unspecified atom stereocenters. The standard InChI is InChI=1S/C24H30O2S2/c1-19(21-9-13-23(25-3)14-10-21)27-17-7-5-6-8-18-28-20(2)22-11-15-24(26-4)16-12-22/h9-16H,1-2,5-8,17-18H2,3-4H3. The van der Waals surface area contributed by atoms with Crippen molar-refractivity contribution in [1.82, 2.24) is 0 Å². The molecule has 0 aliphatic heterocycles. The fourth-order valence-corrected chi connectivity index (χ4v) is 4.46. The molecule has 0 saturated heterocycles. The number of thioether (sulfide) groups is 2. The van der Waals surface area contributed by atoms with Gasteiger partial charge in [-0.1, -0.05) is 50.3 Å². The van der Waals surface area contributed by atoms with Crippen LogP contribution in [0.4, 0.5) is 0 Å². The lowest BCUT2D eigenvalue weighted by atomic mass is 10.2. The average Bonchev–Trinajstić information content (AvgIpc) is 2.75. The molecule has 0 fully saturated rings. The molecule has 2 aromatic rings. The predicted molar refractivity (Wildman–Crippen MR) is 127 cm³/mol. The van der Waals surface area contributed by atoms with Crippen LogP contribution in [0.3, 0.4) is 0 Å². The zero-order chi connectivity index (χ0) is 20.2. The Morgan fingerprint density at radius 1 is 0.643 bits per heavy atom. The lowest BCUT2D eigenvalue weighted by molar-refractivity contribution is 0.414. The Labute approximate surface area is 178 Å². The predicted octanol–water partition coefficient (Wildman–Crippen LogP) is 7.37. The van der Waals surface area contributed by atoms with Crippen molar-refractivity contribution in [2.45, 2.75) is 25.7 Å². The second-order valence-corrected chi connectivity index (χ2v) is 8.79. The second-order valence-electron chi connectivity index (χ2n) is 6.41. The molecule has 0 saturated carbocycles. The summed E-state index contributed by atoms with van der Waals surface area (Å²) >= 11 is 3.69. The van der Waals surface area contributed by atoms with Crippen molar-refractivity contribution in [3.63, 3.8) is 0 Å². The van der Waals surface area contributed by atoms with Gasteiger partial charge in [-0.3, -0.25) is 0 Å². The van der Waals surface area contributed by atoms with Gasteiger partial charge in [0.1, 0.15) is 11.5 Å². The molecule has 0 atom stereocenters. The quantitative estimate of drug-likeness (QED) is 0.318. The van der Waals surface area contributed by atoms with E-state index in [2.05, 4.69) is 37.4 Å². The highest BCUT2D eigenvalue weighted by atomic mass is 32.2. The first-order chi connectivity index (χ1) is 13.6. The van der Waals surface area contributed by atoms with Gasteiger partial charge >= 0.3 is 0 Å². The van der Waals surface area contributed by atoms with E-state index in [4.69, 9.17) is 9.47 Å². The third-order valence-electron chi connectivity index (χ3n) is 4.42. The number of benzene rings is 2. The van der Waals surface area contributed by atoms with Crippen LogP contribution in [0, 0.1) is 0 Å². The smallest absolute Gasteiger partial charge is 0.118 e. The first kappa shape index (κ1) is 22.5. The lowest BCUT2D eigenvalue weighted by Gasteiger charge is -2.08. The van der Waals surface area contributed by atoms with E-state index >= 15 is 0 Å². The Hall–Kier alpha value is -1.78. The topological polar surface area (TPSA) is 18.5 Å². The van der Waals surface area contributed by atoms with Gasteiger partial charge in [0.2, 0.25) is 0 Å². The number of unbranched alkanes of at least 4 members (excludes halogenated alkanes) is 3. The molecule has 2 rings (SSSR count). The Morgan fingerprint density at radius 3 is 1.32 bits per heavy atom. The monoisotopic (exact) mass is 414 g/mol. The van der Waals surface area contributed by atoms with Gasteiger partial charge < -0.3 is 9.47 Å². The normalized spacial score (nSPS) is 10.5. The number of methoxy groups -OCH3 is 2. The summed E-state index contributed by atoms with van der Waals surface area (Å²) in [5.74, 6) is 4.01. The molecule has 0 amide bonds. The summed E-state index contributed by atoms with van der Waals surface area (Å²) in [5.41, 5.74) is 2.36. The van der Waals surface area contributed by atoms with Crippen LogP contribution >= 0.6 is 23.5 Å². The highest BCUT2D eigenvalue weighted by Gasteiger charge is 2.02. The van der Waals surface area contributed by atoms with Gasteiger partial charge in [-0.05, 0) is 59.7 Å². The zero-order valence-electron chi connectivity index (χ0n) is 16.9. The minimum absolute atomic E-state index is 0.883. The van der Waals surface area contributed by atoms with Gasteiger partial charge in [0.25, 0.3) is 0 Å². The van der Waals surface area contributed by atoms with Gasteiger partial charge in [-0.2, -0.15) is 0 Å². The summed E-state index contributed by atoms with van der Waals surface area (Å²) in [6, 6.07) is 16.2. The summed E-state index contributed by atoms with van der Waals surface area (Å²) in [4.78, 5) is 2.27. The third kappa shape index (κ3) is 7.69. The van der Waals surface area contributed by atoms with E-state index < -0.39 is 0 Å². The zero-order valence-corrected chi connectivity index (χ0v) is 18.5. The van der Waals surface area contributed by atoms with Crippen LogP contribution in [0.2, 0.25) is 0 Å². The molecule has 0 aromatic heterocycles. The minimum atomic E-state index is 0.883. The molecule has 0 N–H and O–H groups in total. The minimum Gasteiger partial charge on any atom is -0.497 e. The molecular weight excluding hydrogens is 384 g/mol. The molecule has 0 aliphatic carbocycles. The largest absolute Gasteiger partial charge is 0.497 e. The number of ether oxygens (including phenoxy) is 2. The summed E-state index contributed by atoms with van der Waals surface area (Å²) in [5, 5.41) is 0. The maximum atomic E-state index is 5.19. The maximum Gasteiger partial charge on any atom is 0.118 e. The first-order valence-corrected chi connectivity index (χ1v) is 11.5. The molecule has 0 bridgehead atoms. The van der Waals surface area contributed by atoms with E-state index in [1.165, 1.54) is 36.8 Å². The molecule has 28 heavy (non-hydrogen) atoms. The summed E-state index contributed by atoms with van der Waals surface area (Å²) in [6.07, 6.45) is 4.98. The highest BCUT2D eigenvalue weighted by molar-refractivity contribution is 8.08. The number of hydrogen-bond acceptors (Lipinski definition) is 4. The van der Waals surface area contributed by atoms with E-state index in [0.29, 0.717) is 0 Å². The third-order valence-corrected chi connectivity index (χ3v) is 6.57. The SMILES string of the molecule is C=C(SCCCCCCSC(=C)c1ccc(OC)cc1)c1ccc(OC)cc1. The van der Waals surface area contributed by atoms with Crippen molar-refractivity contribution in [3.8, 4) is 11.5 Å². The van der Waals surface area contributed by atoms with Crippen LogP contribution in [0.5, 0.6) is 11.5 Å². The van der Waals surface area contributed by atoms with Crippen LogP contribution < -0.4 is 9.47 Å². The van der Waals surface area contributed by atoms with Crippen LogP contribution in [0.1, 0.15) is 36.8 Å². The Morgan fingerprint density at radius 2 is 1.00 bits per heavy atom. The lowest BCUT2D eigenvalue weighted by Crippen LogP contribution is -1.87. The van der Waals surface area contributed by atoms with Gasteiger partial charge in [0.05, 0.1) is 14.2 Å². The van der Waals surface area contributed by atoms with Gasteiger partial charge in [0, 0.05) is 9.81 Å². The van der Waals surface area contributed by atoms with E-state index in [0.717, 1.165) is 32.8 Å². The summed E-state index contributed by atoms with van der Waals surface area (Å²) < 4.78 is 10.4. The van der Waals surface area contributed by atoms with Crippen molar-refractivity contribution in [1.29, 1.82) is 0 Å². The highest BCUT2D eigenvalue weighted by Crippen LogP contribution is 2.29. The Bertz CT molecular complexity index is 671. The van der Waals surface area contributed by atoms with Crippen molar-refractivity contribution >= 4 is 33.3 Å². The molecule has 150 valence electrons. The van der Waals surface area contributed by atoms with Crippen molar-refractivity contribution in [3.05, 3.63) is 72.8 Å². The van der Waals surface area contributed by atoms with Gasteiger partial charge in [0.15, 0.2) is 0 Å². The average molecular weight is 415 g/mol. The molecule has 2 aromatic carbocycles. The van der Waals surface area contributed by atoms with Crippen LogP contribution in [0.25, 0.3) is 9.81 Å². The van der Waals surface area contributed by atoms with E-state index in [1.54, 1.807) is 14.2 Å². The molecular formula is C24H30O2S2. The van der Waals surface area contributed by atoms with E-state index in [9.17, 15) is 0 Å². The Kier molecular flexibility index (Phi) is 10.2. The number of hydrogen-bond donors (Lipinski definition) is 0. The van der Waals surface area contributed by atoms with Crippen LogP contribution in [0.15, 0.2) is 61.7 Å². The first-order valence-electron chi connectivity index (χ1n) is 9.56. The second kappa shape index (κ2) is 12.6. The molecule has 2 nitrogen and oxygen atoms in total. The van der Waals surface area contributed by atoms with Gasteiger partial charge in [-0.15, -0.1) is 23.5 Å². The Balaban J connectivity index is 1.53. The van der Waals surface area contributed by atoms with Crippen molar-refractivity contribution < 1.29 is 9.47 Å². The van der Waals surface area contributed by atoms with Crippen LogP contribution in [-0.2, 0) is 0 Å². The molecule has 4 heteroatoms. The fourth-order valence-electron chi connectivity index (χ4n) is 2.67. The fraction of sp³-hybridized carbons (Fsp3) is 0.333. The van der Waals surface area contributed by atoms with Crippen molar-refractivity contribution in [2.75, 3.05) is 25.7 Å². The maximum absolute atomic E-state index is 5.19. The summed E-state index contributed by atoms with van der Waals surface area (Å²) in [7, 11) is 3.37. The molecule has 0 aliphatic rings. The van der Waals surface area contributed by atoms with Crippen LogP contribution in [-0.4, -0.2) is 25.7 Å². The molecule has 0 radical (unpaired) electrons. The molecule has 0 heterocycles. The van der Waals surface area contributed by atoms with E-state index in [1.807, 2.05) is 47.8 Å².